The molecule has 0 unspecified atom stereocenters. The van der Waals surface area contributed by atoms with E-state index in [4.69, 9.17) is 0 Å². The number of hydrogen-bond acceptors (Lipinski definition) is 3. The van der Waals surface area contributed by atoms with E-state index in [0.29, 0.717) is 13.1 Å². The van der Waals surface area contributed by atoms with Crippen LogP contribution in [0.4, 0.5) is 11.4 Å². The molecule has 0 radical (unpaired) electrons. The van der Waals surface area contributed by atoms with Crippen LogP contribution in [0.25, 0.3) is 0 Å². The van der Waals surface area contributed by atoms with E-state index < -0.39 is 9.57 Å². The van der Waals surface area contributed by atoms with Gasteiger partial charge in [-0.15, -0.1) is 0 Å². The average molecular weight is 210 g/mol. The molecule has 0 amide bonds. The molecule has 0 aromatic heterocycles. The zero-order chi connectivity index (χ0) is 11.5. The Morgan fingerprint density at radius 1 is 1.27 bits per heavy atom. The second-order valence-electron chi connectivity index (χ2n) is 3.27. The SMILES string of the molecule is CC[N+]([O-])(CC)c1ccccc1[N+](=O)[O-]. The zero-order valence-electron chi connectivity index (χ0n) is 8.84. The summed E-state index contributed by atoms with van der Waals surface area (Å²) in [5, 5.41) is 23.0. The maximum Gasteiger partial charge on any atom is 0.329 e. The van der Waals surface area contributed by atoms with Crippen LogP contribution in [0, 0.1) is 15.3 Å². The highest BCUT2D eigenvalue weighted by Crippen LogP contribution is 2.31. The van der Waals surface area contributed by atoms with E-state index in [9.17, 15) is 15.3 Å². The van der Waals surface area contributed by atoms with Gasteiger partial charge in [0.15, 0.2) is 0 Å². The van der Waals surface area contributed by atoms with Gasteiger partial charge in [0.1, 0.15) is 0 Å². The van der Waals surface area contributed by atoms with Crippen LogP contribution in [0.2, 0.25) is 0 Å². The quantitative estimate of drug-likeness (QED) is 0.435. The minimum atomic E-state index is -0.656. The third-order valence-corrected chi connectivity index (χ3v) is 2.54. The monoisotopic (exact) mass is 210 g/mol. The van der Waals surface area contributed by atoms with Crippen molar-refractivity contribution in [2.75, 3.05) is 13.1 Å². The highest BCUT2D eigenvalue weighted by molar-refractivity contribution is 5.60. The predicted molar refractivity (Wildman–Crippen MR) is 59.3 cm³/mol. The van der Waals surface area contributed by atoms with E-state index in [2.05, 4.69) is 0 Å². The van der Waals surface area contributed by atoms with Crippen LogP contribution >= 0.6 is 0 Å². The largest absolute Gasteiger partial charge is 0.627 e. The summed E-state index contributed by atoms with van der Waals surface area (Å²) in [7, 11) is 0. The van der Waals surface area contributed by atoms with E-state index in [1.807, 2.05) is 0 Å². The Hall–Kier alpha value is -1.46. The highest BCUT2D eigenvalue weighted by atomic mass is 16.6. The topological polar surface area (TPSA) is 66.2 Å². The normalized spacial score (nSPS) is 11.4. The van der Waals surface area contributed by atoms with Gasteiger partial charge in [-0.05, 0) is 13.8 Å². The molecule has 5 nitrogen and oxygen atoms in total. The van der Waals surface area contributed by atoms with Crippen LogP contribution in [-0.2, 0) is 0 Å². The Kier molecular flexibility index (Phi) is 3.39. The zero-order valence-corrected chi connectivity index (χ0v) is 8.84. The lowest BCUT2D eigenvalue weighted by Gasteiger charge is -2.39. The molecule has 0 saturated heterocycles. The summed E-state index contributed by atoms with van der Waals surface area (Å²) in [4.78, 5) is 10.2. The van der Waals surface area contributed by atoms with Gasteiger partial charge in [0.05, 0.1) is 18.0 Å². The van der Waals surface area contributed by atoms with Gasteiger partial charge in [0.2, 0.25) is 5.69 Å². The molecule has 15 heavy (non-hydrogen) atoms. The maximum atomic E-state index is 12.2. The third-order valence-electron chi connectivity index (χ3n) is 2.54. The van der Waals surface area contributed by atoms with E-state index in [-0.39, 0.29) is 11.4 Å². The molecule has 0 aliphatic heterocycles. The molecule has 0 bridgehead atoms. The lowest BCUT2D eigenvalue weighted by Crippen LogP contribution is -2.42. The summed E-state index contributed by atoms with van der Waals surface area (Å²) in [6, 6.07) is 6.11. The molecule has 0 saturated carbocycles. The Bertz CT molecular complexity index is 361. The van der Waals surface area contributed by atoms with Gasteiger partial charge in [-0.2, -0.15) is 0 Å². The molecule has 0 atom stereocenters. The Labute approximate surface area is 88.3 Å². The fourth-order valence-corrected chi connectivity index (χ4v) is 1.53. The van der Waals surface area contributed by atoms with Gasteiger partial charge in [0.25, 0.3) is 0 Å². The molecule has 0 spiro atoms. The first-order valence-corrected chi connectivity index (χ1v) is 4.87. The summed E-state index contributed by atoms with van der Waals surface area (Å²) in [5.74, 6) is 0. The Morgan fingerprint density at radius 3 is 2.27 bits per heavy atom. The van der Waals surface area contributed by atoms with Crippen molar-refractivity contribution in [3.63, 3.8) is 0 Å². The van der Waals surface area contributed by atoms with E-state index in [0.717, 1.165) is 0 Å². The number of quaternary nitrogens is 1. The first kappa shape index (κ1) is 11.6. The Morgan fingerprint density at radius 2 is 1.80 bits per heavy atom. The van der Waals surface area contributed by atoms with Crippen molar-refractivity contribution in [1.82, 2.24) is 4.65 Å². The Balaban J connectivity index is 3.29. The van der Waals surface area contributed by atoms with Gasteiger partial charge in [0, 0.05) is 12.1 Å². The van der Waals surface area contributed by atoms with Crippen LogP contribution in [0.5, 0.6) is 0 Å². The van der Waals surface area contributed by atoms with Crippen LogP contribution in [0.15, 0.2) is 24.3 Å². The average Bonchev–Trinajstić information content (AvgIpc) is 2.28. The summed E-state index contributed by atoms with van der Waals surface area (Å²) in [6.07, 6.45) is 0. The number of hydrogen-bond donors (Lipinski definition) is 0. The third kappa shape index (κ3) is 2.14. The number of rotatable bonds is 4. The van der Waals surface area contributed by atoms with Crippen molar-refractivity contribution in [2.45, 2.75) is 13.8 Å². The van der Waals surface area contributed by atoms with Crippen molar-refractivity contribution in [3.8, 4) is 0 Å². The molecule has 5 heteroatoms. The molecule has 0 fully saturated rings. The molecule has 0 aliphatic carbocycles. The van der Waals surface area contributed by atoms with Crippen molar-refractivity contribution >= 4 is 11.4 Å². The van der Waals surface area contributed by atoms with Crippen LogP contribution in [-0.4, -0.2) is 18.0 Å². The second-order valence-corrected chi connectivity index (χ2v) is 3.27. The maximum absolute atomic E-state index is 12.2. The first-order valence-electron chi connectivity index (χ1n) is 4.87. The van der Waals surface area contributed by atoms with E-state index in [1.165, 1.54) is 12.1 Å². The van der Waals surface area contributed by atoms with Crippen molar-refractivity contribution < 1.29 is 4.92 Å². The number of hydroxylamine groups is 2. The number of benzene rings is 1. The van der Waals surface area contributed by atoms with Crippen LogP contribution in [0.1, 0.15) is 13.8 Å². The van der Waals surface area contributed by atoms with Crippen LogP contribution < -0.4 is 4.65 Å². The lowest BCUT2D eigenvalue weighted by molar-refractivity contribution is -0.384. The lowest BCUT2D eigenvalue weighted by atomic mass is 10.2. The van der Waals surface area contributed by atoms with Crippen molar-refractivity contribution in [2.24, 2.45) is 0 Å². The molecule has 0 aliphatic rings. The van der Waals surface area contributed by atoms with Gasteiger partial charge in [-0.25, -0.2) is 0 Å². The van der Waals surface area contributed by atoms with E-state index in [1.54, 1.807) is 26.0 Å². The summed E-state index contributed by atoms with van der Waals surface area (Å²) >= 11 is 0. The fraction of sp³-hybridized carbons (Fsp3) is 0.400. The highest BCUT2D eigenvalue weighted by Gasteiger charge is 2.26. The summed E-state index contributed by atoms with van der Waals surface area (Å²) < 4.78 is -0.656. The first-order chi connectivity index (χ1) is 7.05. The van der Waals surface area contributed by atoms with Gasteiger partial charge >= 0.3 is 5.69 Å². The van der Waals surface area contributed by atoms with Crippen molar-refractivity contribution in [3.05, 3.63) is 39.6 Å². The van der Waals surface area contributed by atoms with Gasteiger partial charge in [-0.3, -0.25) is 10.1 Å². The second kappa shape index (κ2) is 4.37. The number of para-hydroxylation sites is 2. The minimum Gasteiger partial charge on any atom is -0.627 e. The van der Waals surface area contributed by atoms with E-state index >= 15 is 0 Å². The summed E-state index contributed by atoms with van der Waals surface area (Å²) in [5.41, 5.74) is 0.128. The number of nitro benzene ring substituents is 1. The summed E-state index contributed by atoms with van der Waals surface area (Å²) in [6.45, 7) is 4.04. The molecule has 1 rings (SSSR count). The molecule has 1 aromatic carbocycles. The molecule has 0 N–H and O–H groups in total. The molecular weight excluding hydrogens is 196 g/mol. The molecule has 1 aromatic rings. The van der Waals surface area contributed by atoms with Crippen LogP contribution in [0.3, 0.4) is 0 Å². The standard InChI is InChI=1S/C10H14N2O3/c1-3-12(15,4-2)10-8-6-5-7-9(10)11(13)14/h5-8H,3-4H2,1-2H3. The smallest absolute Gasteiger partial charge is 0.329 e. The molecule has 0 heterocycles. The minimum absolute atomic E-state index is 0.101. The van der Waals surface area contributed by atoms with Gasteiger partial charge < -0.3 is 9.85 Å². The molecular formula is C10H14N2O3. The van der Waals surface area contributed by atoms with Crippen molar-refractivity contribution in [1.29, 1.82) is 0 Å². The van der Waals surface area contributed by atoms with Gasteiger partial charge in [-0.1, -0.05) is 12.1 Å². The molecule has 82 valence electrons. The number of nitrogens with zero attached hydrogens (tertiary/aromatic N) is 2. The fourth-order valence-electron chi connectivity index (χ4n) is 1.53. The predicted octanol–water partition coefficient (Wildman–Crippen LogP) is 2.44. The number of nitro groups is 1.